The minimum Gasteiger partial charge on any atom is -0.550 e. The molecule has 0 fully saturated rings. The molecule has 0 saturated carbocycles. The van der Waals surface area contributed by atoms with E-state index in [4.69, 9.17) is 0 Å². The first-order valence-electron chi connectivity index (χ1n) is 7.97. The average molecular weight is 295 g/mol. The van der Waals surface area contributed by atoms with Crippen molar-refractivity contribution >= 4 is 5.97 Å². The second-order valence-electron chi connectivity index (χ2n) is 5.36. The normalized spacial score (nSPS) is 10.2. The fourth-order valence-corrected chi connectivity index (χ4v) is 2.29. The molecule has 0 atom stereocenters. The Hall–Kier alpha value is 1.11. The Morgan fingerprint density at radius 1 is 0.684 bits per heavy atom. The van der Waals surface area contributed by atoms with Crippen molar-refractivity contribution in [1.82, 2.24) is 0 Å². The van der Waals surface area contributed by atoms with Gasteiger partial charge in [0.2, 0.25) is 0 Å². The Morgan fingerprint density at radius 3 is 1.32 bits per heavy atom. The Bertz CT molecular complexity index is 184. The molecule has 0 aromatic rings. The summed E-state index contributed by atoms with van der Waals surface area (Å²) in [6, 6.07) is 0. The van der Waals surface area contributed by atoms with Gasteiger partial charge in [0.05, 0.1) is 0 Å². The first-order valence-corrected chi connectivity index (χ1v) is 7.97. The molecule has 0 spiro atoms. The van der Waals surface area contributed by atoms with E-state index in [-0.39, 0.29) is 57.8 Å². The molecule has 0 unspecified atom stereocenters. The number of carboxylic acid groups (broad SMARTS) is 1. The van der Waals surface area contributed by atoms with Gasteiger partial charge >= 0.3 is 51.4 Å². The number of rotatable bonds is 14. The molecular weight excluding hydrogens is 263 g/mol. The van der Waals surface area contributed by atoms with Crippen LogP contribution in [0.15, 0.2) is 0 Å². The molecule has 0 heterocycles. The molecule has 3 heteroatoms. The molecule has 0 aromatic carbocycles. The predicted molar refractivity (Wildman–Crippen MR) is 75.3 cm³/mol. The van der Waals surface area contributed by atoms with Crippen LogP contribution < -0.4 is 56.5 Å². The van der Waals surface area contributed by atoms with Crippen LogP contribution in [0, 0.1) is 0 Å². The van der Waals surface area contributed by atoms with E-state index in [0.29, 0.717) is 0 Å². The van der Waals surface area contributed by atoms with Crippen LogP contribution in [0.4, 0.5) is 0 Å². The monoisotopic (exact) mass is 294 g/mol. The van der Waals surface area contributed by atoms with Crippen molar-refractivity contribution < 1.29 is 61.3 Å². The molecule has 19 heavy (non-hydrogen) atoms. The number of carboxylic acids is 1. The molecule has 0 aliphatic heterocycles. The minimum absolute atomic E-state index is 0. The molecule has 0 aromatic heterocycles. The summed E-state index contributed by atoms with van der Waals surface area (Å²) in [5, 5.41) is 10.2. The summed E-state index contributed by atoms with van der Waals surface area (Å²) < 4.78 is 0. The van der Waals surface area contributed by atoms with E-state index in [0.717, 1.165) is 12.8 Å². The van der Waals surface area contributed by atoms with Gasteiger partial charge in [-0.05, 0) is 12.8 Å². The zero-order chi connectivity index (χ0) is 13.5. The van der Waals surface area contributed by atoms with E-state index in [1.54, 1.807) is 0 Å². The van der Waals surface area contributed by atoms with Crippen LogP contribution in [-0.4, -0.2) is 5.97 Å². The molecule has 108 valence electrons. The summed E-state index contributed by atoms with van der Waals surface area (Å²) in [5.74, 6) is -0.905. The summed E-state index contributed by atoms with van der Waals surface area (Å²) in [4.78, 5) is 10.2. The topological polar surface area (TPSA) is 40.1 Å². The van der Waals surface area contributed by atoms with Gasteiger partial charge in [-0.15, -0.1) is 0 Å². The van der Waals surface area contributed by atoms with E-state index in [9.17, 15) is 9.90 Å². The Morgan fingerprint density at radius 2 is 1.00 bits per heavy atom. The number of carbonyl (C=O) groups is 1. The molecule has 0 N–H and O–H groups in total. The quantitative estimate of drug-likeness (QED) is 0.357. The molecule has 0 aliphatic carbocycles. The summed E-state index contributed by atoms with van der Waals surface area (Å²) >= 11 is 0. The van der Waals surface area contributed by atoms with Crippen molar-refractivity contribution in [3.05, 3.63) is 0 Å². The van der Waals surface area contributed by atoms with E-state index in [2.05, 4.69) is 6.92 Å². The van der Waals surface area contributed by atoms with Crippen LogP contribution >= 0.6 is 0 Å². The van der Waals surface area contributed by atoms with Crippen molar-refractivity contribution in [2.75, 3.05) is 0 Å². The van der Waals surface area contributed by atoms with Crippen molar-refractivity contribution in [1.29, 1.82) is 0 Å². The minimum atomic E-state index is -0.905. The van der Waals surface area contributed by atoms with Gasteiger partial charge in [0, 0.05) is 5.97 Å². The Kier molecular flexibility index (Phi) is 22.5. The maximum Gasteiger partial charge on any atom is 1.00 e. The van der Waals surface area contributed by atoms with E-state index in [1.165, 1.54) is 70.6 Å². The number of unbranched alkanes of at least 4 members (excludes halogenated alkanes) is 12. The van der Waals surface area contributed by atoms with Crippen LogP contribution in [-0.2, 0) is 4.79 Å². The maximum absolute atomic E-state index is 10.2. The second kappa shape index (κ2) is 19.1. The molecule has 0 saturated heterocycles. The van der Waals surface area contributed by atoms with Crippen LogP contribution in [0.2, 0.25) is 0 Å². The van der Waals surface area contributed by atoms with Gasteiger partial charge in [0.15, 0.2) is 0 Å². The van der Waals surface area contributed by atoms with Gasteiger partial charge in [0.1, 0.15) is 0 Å². The number of hydrogen-bond acceptors (Lipinski definition) is 2. The van der Waals surface area contributed by atoms with Gasteiger partial charge in [-0.25, -0.2) is 0 Å². The number of hydrogen-bond donors (Lipinski definition) is 0. The molecule has 0 rings (SSSR count). The van der Waals surface area contributed by atoms with Crippen LogP contribution in [0.5, 0.6) is 0 Å². The molecule has 0 amide bonds. The van der Waals surface area contributed by atoms with Crippen molar-refractivity contribution in [3.8, 4) is 0 Å². The second-order valence-corrected chi connectivity index (χ2v) is 5.36. The number of aliphatic carboxylic acids is 1. The first-order chi connectivity index (χ1) is 8.77. The van der Waals surface area contributed by atoms with E-state index in [1.807, 2.05) is 0 Å². The predicted octanol–water partition coefficient (Wildman–Crippen LogP) is 1.22. The van der Waals surface area contributed by atoms with Crippen molar-refractivity contribution in [3.63, 3.8) is 0 Å². The largest absolute Gasteiger partial charge is 1.00 e. The maximum atomic E-state index is 10.2. The fraction of sp³-hybridized carbons (Fsp3) is 0.938. The fourth-order valence-electron chi connectivity index (χ4n) is 2.29. The summed E-state index contributed by atoms with van der Waals surface area (Å²) in [6.07, 6.45) is 16.9. The zero-order valence-electron chi connectivity index (χ0n) is 13.2. The third-order valence-corrected chi connectivity index (χ3v) is 3.48. The average Bonchev–Trinajstić information content (AvgIpc) is 2.34. The van der Waals surface area contributed by atoms with Crippen LogP contribution in [0.3, 0.4) is 0 Å². The van der Waals surface area contributed by atoms with Crippen LogP contribution in [0.25, 0.3) is 0 Å². The third-order valence-electron chi connectivity index (χ3n) is 3.48. The van der Waals surface area contributed by atoms with Gasteiger partial charge in [0.25, 0.3) is 0 Å². The van der Waals surface area contributed by atoms with Crippen molar-refractivity contribution in [2.24, 2.45) is 0 Å². The summed E-state index contributed by atoms with van der Waals surface area (Å²) in [5.41, 5.74) is 0. The smallest absolute Gasteiger partial charge is 0.550 e. The summed E-state index contributed by atoms with van der Waals surface area (Å²) in [7, 11) is 0. The first kappa shape index (κ1) is 22.4. The molecule has 0 aliphatic rings. The van der Waals surface area contributed by atoms with E-state index < -0.39 is 5.97 Å². The Balaban J connectivity index is 0. The molecule has 0 bridgehead atoms. The number of carbonyl (C=O) groups excluding carboxylic acids is 1. The van der Waals surface area contributed by atoms with Gasteiger partial charge in [-0.2, -0.15) is 0 Å². The summed E-state index contributed by atoms with van der Waals surface area (Å²) in [6.45, 7) is 2.26. The van der Waals surface area contributed by atoms with Gasteiger partial charge < -0.3 is 9.90 Å². The SMILES string of the molecule is CCCCCCCCCCCCCCCC(=O)[O-].[K+]. The van der Waals surface area contributed by atoms with Gasteiger partial charge in [-0.1, -0.05) is 84.0 Å². The molecule has 2 nitrogen and oxygen atoms in total. The molecule has 0 radical (unpaired) electrons. The third kappa shape index (κ3) is 21.6. The van der Waals surface area contributed by atoms with Crippen molar-refractivity contribution in [2.45, 2.75) is 96.8 Å². The molecular formula is C16H31KO2. The van der Waals surface area contributed by atoms with E-state index >= 15 is 0 Å². The van der Waals surface area contributed by atoms with Crippen LogP contribution in [0.1, 0.15) is 96.8 Å². The van der Waals surface area contributed by atoms with Gasteiger partial charge in [-0.3, -0.25) is 0 Å². The standard InChI is InChI=1S/C16H32O2.K/c1-2-3-4-5-6-7-8-9-10-11-12-13-14-15-16(17)18;/h2-15H2,1H3,(H,17,18);/q;+1/p-1. The Labute approximate surface area is 162 Å². The zero-order valence-corrected chi connectivity index (χ0v) is 16.3.